The molecule has 144 valence electrons. The van der Waals surface area contributed by atoms with Crippen molar-refractivity contribution in [1.29, 1.82) is 0 Å². The number of benzene rings is 1. The quantitative estimate of drug-likeness (QED) is 0.859. The lowest BCUT2D eigenvalue weighted by molar-refractivity contribution is 0.0147. The third kappa shape index (κ3) is 6.51. The molecule has 1 aliphatic heterocycles. The maximum absolute atomic E-state index is 13.5. The van der Waals surface area contributed by atoms with Crippen molar-refractivity contribution in [1.82, 2.24) is 15.1 Å². The average molecular weight is 366 g/mol. The molecule has 26 heavy (non-hydrogen) atoms. The Kier molecular flexibility index (Phi) is 6.79. The summed E-state index contributed by atoms with van der Waals surface area (Å²) in [4.78, 5) is 27.7. The molecule has 8 heteroatoms. The van der Waals surface area contributed by atoms with Crippen LogP contribution in [0.5, 0.6) is 0 Å². The van der Waals surface area contributed by atoms with Gasteiger partial charge in [0.05, 0.1) is 5.69 Å². The number of nitrogens with one attached hydrogen (secondary N) is 2. The van der Waals surface area contributed by atoms with Crippen LogP contribution in [0.3, 0.4) is 0 Å². The van der Waals surface area contributed by atoms with Crippen molar-refractivity contribution >= 4 is 17.8 Å². The number of halogens is 1. The minimum atomic E-state index is -0.496. The third-order valence-corrected chi connectivity index (χ3v) is 3.86. The molecular formula is C18H27FN4O3. The lowest BCUT2D eigenvalue weighted by atomic mass is 10.2. The van der Waals surface area contributed by atoms with Crippen LogP contribution in [0.15, 0.2) is 24.3 Å². The Balaban J connectivity index is 1.65. The van der Waals surface area contributed by atoms with Gasteiger partial charge < -0.3 is 20.3 Å². The summed E-state index contributed by atoms with van der Waals surface area (Å²) < 4.78 is 18.8. The SMILES string of the molecule is CC(C)(C)OC(=O)N1CCN(CCNC(=O)Nc2ccccc2F)CC1. The highest BCUT2D eigenvalue weighted by atomic mass is 19.1. The van der Waals surface area contributed by atoms with E-state index in [9.17, 15) is 14.0 Å². The number of para-hydroxylation sites is 1. The summed E-state index contributed by atoms with van der Waals surface area (Å²) in [6.07, 6.45) is -0.292. The molecule has 1 saturated heterocycles. The van der Waals surface area contributed by atoms with E-state index < -0.39 is 17.4 Å². The summed E-state index contributed by atoms with van der Waals surface area (Å²) in [5.74, 6) is -0.471. The van der Waals surface area contributed by atoms with Gasteiger partial charge in [-0.3, -0.25) is 4.90 Å². The van der Waals surface area contributed by atoms with Gasteiger partial charge in [0.25, 0.3) is 0 Å². The Morgan fingerprint density at radius 3 is 2.42 bits per heavy atom. The molecule has 0 aliphatic carbocycles. The van der Waals surface area contributed by atoms with Crippen molar-refractivity contribution in [3.8, 4) is 0 Å². The monoisotopic (exact) mass is 366 g/mol. The van der Waals surface area contributed by atoms with Crippen LogP contribution in [0, 0.1) is 5.82 Å². The van der Waals surface area contributed by atoms with Gasteiger partial charge >= 0.3 is 12.1 Å². The molecule has 1 aromatic carbocycles. The van der Waals surface area contributed by atoms with Gasteiger partial charge in [0.1, 0.15) is 11.4 Å². The summed E-state index contributed by atoms with van der Waals surface area (Å²) in [5, 5.41) is 5.19. The van der Waals surface area contributed by atoms with Crippen LogP contribution in [0.2, 0.25) is 0 Å². The first-order valence-electron chi connectivity index (χ1n) is 8.74. The number of carbonyl (C=O) groups excluding carboxylic acids is 2. The third-order valence-electron chi connectivity index (χ3n) is 3.86. The number of urea groups is 1. The van der Waals surface area contributed by atoms with Gasteiger partial charge in [0.15, 0.2) is 0 Å². The Bertz CT molecular complexity index is 625. The highest BCUT2D eigenvalue weighted by Crippen LogP contribution is 2.12. The second-order valence-corrected chi connectivity index (χ2v) is 7.17. The molecule has 2 rings (SSSR count). The van der Waals surface area contributed by atoms with E-state index in [1.807, 2.05) is 20.8 Å². The Labute approximate surface area is 153 Å². The molecule has 0 radical (unpaired) electrons. The Morgan fingerprint density at radius 1 is 1.15 bits per heavy atom. The summed E-state index contributed by atoms with van der Waals surface area (Å²) in [6, 6.07) is 5.57. The van der Waals surface area contributed by atoms with E-state index in [2.05, 4.69) is 15.5 Å². The van der Waals surface area contributed by atoms with Crippen molar-refractivity contribution in [3.05, 3.63) is 30.1 Å². The maximum atomic E-state index is 13.5. The molecule has 7 nitrogen and oxygen atoms in total. The van der Waals surface area contributed by atoms with Crippen molar-refractivity contribution < 1.29 is 18.7 Å². The molecule has 0 spiro atoms. The number of hydrogen-bond acceptors (Lipinski definition) is 4. The molecule has 0 unspecified atom stereocenters. The van der Waals surface area contributed by atoms with Crippen molar-refractivity contribution in [2.45, 2.75) is 26.4 Å². The normalized spacial score (nSPS) is 15.5. The fraction of sp³-hybridized carbons (Fsp3) is 0.556. The second kappa shape index (κ2) is 8.84. The largest absolute Gasteiger partial charge is 0.444 e. The lowest BCUT2D eigenvalue weighted by Gasteiger charge is -2.35. The van der Waals surface area contributed by atoms with Crippen LogP contribution in [-0.2, 0) is 4.74 Å². The minimum Gasteiger partial charge on any atom is -0.444 e. The molecule has 0 bridgehead atoms. The minimum absolute atomic E-state index is 0.149. The Morgan fingerprint density at radius 2 is 1.81 bits per heavy atom. The van der Waals surface area contributed by atoms with Gasteiger partial charge in [0, 0.05) is 39.3 Å². The number of ether oxygens (including phenoxy) is 1. The van der Waals surface area contributed by atoms with E-state index in [0.717, 1.165) is 13.1 Å². The number of carbonyl (C=O) groups is 2. The van der Waals surface area contributed by atoms with Crippen LogP contribution in [0.1, 0.15) is 20.8 Å². The molecule has 0 atom stereocenters. The van der Waals surface area contributed by atoms with Crippen LogP contribution in [0.4, 0.5) is 19.7 Å². The molecule has 1 heterocycles. The van der Waals surface area contributed by atoms with E-state index in [1.165, 1.54) is 12.1 Å². The van der Waals surface area contributed by atoms with E-state index in [-0.39, 0.29) is 11.8 Å². The van der Waals surface area contributed by atoms with E-state index in [1.54, 1.807) is 17.0 Å². The first-order valence-corrected chi connectivity index (χ1v) is 8.74. The molecule has 1 fully saturated rings. The van der Waals surface area contributed by atoms with Gasteiger partial charge in [-0.05, 0) is 32.9 Å². The zero-order chi connectivity index (χ0) is 19.2. The highest BCUT2D eigenvalue weighted by Gasteiger charge is 2.25. The van der Waals surface area contributed by atoms with Crippen LogP contribution < -0.4 is 10.6 Å². The first-order chi connectivity index (χ1) is 12.2. The predicted molar refractivity (Wildman–Crippen MR) is 97.7 cm³/mol. The zero-order valence-electron chi connectivity index (χ0n) is 15.5. The van der Waals surface area contributed by atoms with Gasteiger partial charge in [-0.25, -0.2) is 14.0 Å². The molecule has 0 saturated carbocycles. The molecular weight excluding hydrogens is 339 g/mol. The molecule has 2 N–H and O–H groups in total. The highest BCUT2D eigenvalue weighted by molar-refractivity contribution is 5.89. The van der Waals surface area contributed by atoms with E-state index in [4.69, 9.17) is 4.74 Å². The number of piperazine rings is 1. The molecule has 1 aromatic rings. The van der Waals surface area contributed by atoms with Crippen LogP contribution in [-0.4, -0.2) is 66.8 Å². The number of amides is 3. The smallest absolute Gasteiger partial charge is 0.410 e. The van der Waals surface area contributed by atoms with Crippen molar-refractivity contribution in [3.63, 3.8) is 0 Å². The number of rotatable bonds is 4. The Hall–Kier alpha value is -2.35. The molecule has 3 amide bonds. The average Bonchev–Trinajstić information content (AvgIpc) is 2.56. The first kappa shape index (κ1) is 20.0. The fourth-order valence-corrected chi connectivity index (χ4v) is 2.54. The predicted octanol–water partition coefficient (Wildman–Crippen LogP) is 2.50. The molecule has 0 aromatic heterocycles. The van der Waals surface area contributed by atoms with E-state index >= 15 is 0 Å². The van der Waals surface area contributed by atoms with Gasteiger partial charge in [-0.15, -0.1) is 0 Å². The topological polar surface area (TPSA) is 73.9 Å². The van der Waals surface area contributed by atoms with E-state index in [0.29, 0.717) is 26.2 Å². The van der Waals surface area contributed by atoms with Gasteiger partial charge in [-0.2, -0.15) is 0 Å². The molecule has 1 aliphatic rings. The van der Waals surface area contributed by atoms with Gasteiger partial charge in [-0.1, -0.05) is 12.1 Å². The summed E-state index contributed by atoms with van der Waals surface area (Å²) >= 11 is 0. The fourth-order valence-electron chi connectivity index (χ4n) is 2.54. The van der Waals surface area contributed by atoms with Gasteiger partial charge in [0.2, 0.25) is 0 Å². The summed E-state index contributed by atoms with van der Waals surface area (Å²) in [5.41, 5.74) is -0.347. The number of nitrogens with zero attached hydrogens (tertiary/aromatic N) is 2. The number of hydrogen-bond donors (Lipinski definition) is 2. The maximum Gasteiger partial charge on any atom is 0.410 e. The summed E-state index contributed by atoms with van der Waals surface area (Å²) in [7, 11) is 0. The summed E-state index contributed by atoms with van der Waals surface area (Å²) in [6.45, 7) is 9.26. The zero-order valence-corrected chi connectivity index (χ0v) is 15.5. The standard InChI is InChI=1S/C18H27FN4O3/c1-18(2,3)26-17(25)23-12-10-22(11-13-23)9-8-20-16(24)21-15-7-5-4-6-14(15)19/h4-7H,8-13H2,1-3H3,(H2,20,21,24). The van der Waals surface area contributed by atoms with Crippen molar-refractivity contribution in [2.24, 2.45) is 0 Å². The number of anilines is 1. The van der Waals surface area contributed by atoms with Crippen molar-refractivity contribution in [2.75, 3.05) is 44.6 Å². The van der Waals surface area contributed by atoms with Crippen LogP contribution >= 0.6 is 0 Å². The second-order valence-electron chi connectivity index (χ2n) is 7.17. The lowest BCUT2D eigenvalue weighted by Crippen LogP contribution is -2.51. The van der Waals surface area contributed by atoms with Crippen LogP contribution in [0.25, 0.3) is 0 Å².